The molecule has 0 spiro atoms. The second-order valence-electron chi connectivity index (χ2n) is 8.12. The van der Waals surface area contributed by atoms with Crippen molar-refractivity contribution in [2.24, 2.45) is 0 Å². The monoisotopic (exact) mass is 336 g/mol. The van der Waals surface area contributed by atoms with Crippen molar-refractivity contribution in [2.45, 2.75) is 45.4 Å². The summed E-state index contributed by atoms with van der Waals surface area (Å²) in [7, 11) is 0. The Bertz CT molecular complexity index is 843. The van der Waals surface area contributed by atoms with Crippen LogP contribution < -0.4 is 10.6 Å². The van der Waals surface area contributed by atoms with E-state index in [0.29, 0.717) is 11.3 Å². The summed E-state index contributed by atoms with van der Waals surface area (Å²) < 4.78 is 0. The molecular formula is C21H24N2O2. The van der Waals surface area contributed by atoms with Crippen molar-refractivity contribution >= 4 is 23.2 Å². The molecule has 1 heterocycles. The first-order chi connectivity index (χ1) is 11.6. The molecule has 0 saturated heterocycles. The molecule has 0 atom stereocenters. The Hall–Kier alpha value is -2.62. The van der Waals surface area contributed by atoms with Crippen LogP contribution in [-0.2, 0) is 15.6 Å². The standard InChI is InChI=1S/C21H24N2O2/c1-20(2,3)14-8-6-13(7-9-14)18(24)22-15-10-11-17-16(12-15)21(4,5)19(25)23-17/h6-12H,1-5H3,(H,22,24)(H,23,25). The highest BCUT2D eigenvalue weighted by atomic mass is 16.2. The lowest BCUT2D eigenvalue weighted by Crippen LogP contribution is -2.26. The third-order valence-electron chi connectivity index (χ3n) is 4.78. The fourth-order valence-electron chi connectivity index (χ4n) is 2.97. The van der Waals surface area contributed by atoms with Gasteiger partial charge >= 0.3 is 0 Å². The number of hydrogen-bond acceptors (Lipinski definition) is 2. The van der Waals surface area contributed by atoms with Gasteiger partial charge in [-0.2, -0.15) is 0 Å². The Morgan fingerprint density at radius 2 is 1.68 bits per heavy atom. The smallest absolute Gasteiger partial charge is 0.255 e. The summed E-state index contributed by atoms with van der Waals surface area (Å²) in [6, 6.07) is 13.2. The van der Waals surface area contributed by atoms with E-state index in [2.05, 4.69) is 31.4 Å². The van der Waals surface area contributed by atoms with Crippen molar-refractivity contribution in [1.82, 2.24) is 0 Å². The maximum atomic E-state index is 12.5. The molecule has 0 aliphatic carbocycles. The van der Waals surface area contributed by atoms with Gasteiger partial charge in [0.25, 0.3) is 5.91 Å². The number of carbonyl (C=O) groups is 2. The maximum Gasteiger partial charge on any atom is 0.255 e. The van der Waals surface area contributed by atoms with E-state index in [1.54, 1.807) is 0 Å². The number of benzene rings is 2. The van der Waals surface area contributed by atoms with Crippen LogP contribution in [0.4, 0.5) is 11.4 Å². The molecule has 2 aromatic carbocycles. The lowest BCUT2D eigenvalue weighted by Gasteiger charge is -2.19. The average Bonchev–Trinajstić information content (AvgIpc) is 2.77. The van der Waals surface area contributed by atoms with Gasteiger partial charge in [0.15, 0.2) is 0 Å². The van der Waals surface area contributed by atoms with Crippen molar-refractivity contribution in [1.29, 1.82) is 0 Å². The molecule has 4 nitrogen and oxygen atoms in total. The maximum absolute atomic E-state index is 12.5. The van der Waals surface area contributed by atoms with E-state index in [-0.39, 0.29) is 17.2 Å². The molecule has 0 fully saturated rings. The third-order valence-corrected chi connectivity index (χ3v) is 4.78. The summed E-state index contributed by atoms with van der Waals surface area (Å²) in [5.74, 6) is -0.181. The lowest BCUT2D eigenvalue weighted by molar-refractivity contribution is -0.119. The molecule has 2 aromatic rings. The van der Waals surface area contributed by atoms with Crippen molar-refractivity contribution < 1.29 is 9.59 Å². The zero-order valence-corrected chi connectivity index (χ0v) is 15.4. The highest BCUT2D eigenvalue weighted by Gasteiger charge is 2.38. The van der Waals surface area contributed by atoms with Crippen molar-refractivity contribution in [3.8, 4) is 0 Å². The first-order valence-corrected chi connectivity index (χ1v) is 8.47. The van der Waals surface area contributed by atoms with Gasteiger partial charge in [-0.05, 0) is 60.7 Å². The minimum atomic E-state index is -0.593. The number of amides is 2. The van der Waals surface area contributed by atoms with Gasteiger partial charge in [0.05, 0.1) is 5.41 Å². The number of rotatable bonds is 2. The summed E-state index contributed by atoms with van der Waals surface area (Å²) >= 11 is 0. The molecule has 0 saturated carbocycles. The number of carbonyl (C=O) groups excluding carboxylic acids is 2. The Morgan fingerprint density at radius 1 is 1.04 bits per heavy atom. The normalized spacial score (nSPS) is 15.5. The number of fused-ring (bicyclic) bond motifs is 1. The Balaban J connectivity index is 1.81. The van der Waals surface area contributed by atoms with E-state index in [9.17, 15) is 9.59 Å². The van der Waals surface area contributed by atoms with Gasteiger partial charge in [-0.25, -0.2) is 0 Å². The summed E-state index contributed by atoms with van der Waals surface area (Å²) in [5.41, 5.74) is 3.66. The van der Waals surface area contributed by atoms with Gasteiger partial charge in [-0.15, -0.1) is 0 Å². The third kappa shape index (κ3) is 3.16. The van der Waals surface area contributed by atoms with Crippen molar-refractivity contribution in [3.63, 3.8) is 0 Å². The highest BCUT2D eigenvalue weighted by Crippen LogP contribution is 2.38. The van der Waals surface area contributed by atoms with Crippen LogP contribution in [0.25, 0.3) is 0 Å². The van der Waals surface area contributed by atoms with Crippen LogP contribution in [0.5, 0.6) is 0 Å². The molecule has 2 amide bonds. The van der Waals surface area contributed by atoms with Gasteiger partial charge in [0, 0.05) is 16.9 Å². The first kappa shape index (κ1) is 17.2. The highest BCUT2D eigenvalue weighted by molar-refractivity contribution is 6.07. The van der Waals surface area contributed by atoms with E-state index >= 15 is 0 Å². The molecule has 2 N–H and O–H groups in total. The summed E-state index contributed by atoms with van der Waals surface area (Å²) in [6.07, 6.45) is 0. The Morgan fingerprint density at radius 3 is 2.28 bits per heavy atom. The molecule has 0 bridgehead atoms. The second kappa shape index (κ2) is 5.73. The molecular weight excluding hydrogens is 312 g/mol. The Kier molecular flexibility index (Phi) is 3.94. The summed E-state index contributed by atoms with van der Waals surface area (Å²) in [6.45, 7) is 10.2. The molecule has 1 aliphatic rings. The van der Waals surface area contributed by atoms with Crippen molar-refractivity contribution in [3.05, 3.63) is 59.2 Å². The zero-order valence-electron chi connectivity index (χ0n) is 15.4. The summed E-state index contributed by atoms with van der Waals surface area (Å²) in [5, 5.41) is 5.79. The summed E-state index contributed by atoms with van der Waals surface area (Å²) in [4.78, 5) is 24.5. The average molecular weight is 336 g/mol. The predicted octanol–water partition coefficient (Wildman–Crippen LogP) is 4.47. The minimum Gasteiger partial charge on any atom is -0.325 e. The molecule has 0 aromatic heterocycles. The first-order valence-electron chi connectivity index (χ1n) is 8.47. The van der Waals surface area contributed by atoms with E-state index < -0.39 is 5.41 Å². The van der Waals surface area contributed by atoms with Crippen LogP contribution in [0.3, 0.4) is 0 Å². The Labute approximate surface area is 148 Å². The van der Waals surface area contributed by atoms with Crippen LogP contribution >= 0.6 is 0 Å². The number of hydrogen-bond donors (Lipinski definition) is 2. The molecule has 3 rings (SSSR count). The van der Waals surface area contributed by atoms with E-state index in [1.807, 2.05) is 56.3 Å². The van der Waals surface area contributed by atoms with Gasteiger partial charge in [-0.3, -0.25) is 9.59 Å². The number of nitrogens with one attached hydrogen (secondary N) is 2. The fraction of sp³-hybridized carbons (Fsp3) is 0.333. The quantitative estimate of drug-likeness (QED) is 0.850. The van der Waals surface area contributed by atoms with Crippen LogP contribution in [0.1, 0.15) is 56.1 Å². The topological polar surface area (TPSA) is 58.2 Å². The molecule has 25 heavy (non-hydrogen) atoms. The molecule has 1 aliphatic heterocycles. The van der Waals surface area contributed by atoms with E-state index in [4.69, 9.17) is 0 Å². The lowest BCUT2D eigenvalue weighted by atomic mass is 9.86. The van der Waals surface area contributed by atoms with Crippen LogP contribution in [0.2, 0.25) is 0 Å². The largest absolute Gasteiger partial charge is 0.325 e. The van der Waals surface area contributed by atoms with Gasteiger partial charge in [0.1, 0.15) is 0 Å². The van der Waals surface area contributed by atoms with Gasteiger partial charge < -0.3 is 10.6 Å². The van der Waals surface area contributed by atoms with Gasteiger partial charge in [0.2, 0.25) is 5.91 Å². The van der Waals surface area contributed by atoms with Gasteiger partial charge in [-0.1, -0.05) is 32.9 Å². The fourth-order valence-corrected chi connectivity index (χ4v) is 2.97. The molecule has 4 heteroatoms. The predicted molar refractivity (Wildman–Crippen MR) is 101 cm³/mol. The minimum absolute atomic E-state index is 0.0243. The zero-order chi connectivity index (χ0) is 18.4. The van der Waals surface area contributed by atoms with Crippen LogP contribution in [0, 0.1) is 0 Å². The number of anilines is 2. The molecule has 130 valence electrons. The second-order valence-corrected chi connectivity index (χ2v) is 8.12. The van der Waals surface area contributed by atoms with E-state index in [1.165, 1.54) is 5.56 Å². The van der Waals surface area contributed by atoms with Crippen LogP contribution in [-0.4, -0.2) is 11.8 Å². The molecule has 0 unspecified atom stereocenters. The SMILES string of the molecule is CC(C)(C)c1ccc(C(=O)Nc2ccc3c(c2)C(C)(C)C(=O)N3)cc1. The van der Waals surface area contributed by atoms with Crippen molar-refractivity contribution in [2.75, 3.05) is 10.6 Å². The van der Waals surface area contributed by atoms with E-state index in [0.717, 1.165) is 11.3 Å². The molecule has 0 radical (unpaired) electrons. The van der Waals surface area contributed by atoms with Crippen LogP contribution in [0.15, 0.2) is 42.5 Å².